The van der Waals surface area contributed by atoms with Gasteiger partial charge in [-0.2, -0.15) is 0 Å². The van der Waals surface area contributed by atoms with Crippen LogP contribution in [0.5, 0.6) is 0 Å². The summed E-state index contributed by atoms with van der Waals surface area (Å²) in [4.78, 5) is 0. The normalized spacial score (nSPS) is 44.3. The van der Waals surface area contributed by atoms with Crippen LogP contribution < -0.4 is 0 Å². The van der Waals surface area contributed by atoms with Gasteiger partial charge in [0.1, 0.15) is 0 Å². The van der Waals surface area contributed by atoms with Crippen molar-refractivity contribution in [2.24, 2.45) is 52.3 Å². The predicted octanol–water partition coefficient (Wildman–Crippen LogP) is 8.41. The largest absolute Gasteiger partial charge is 0.393 e. The van der Waals surface area contributed by atoms with Crippen LogP contribution in [-0.4, -0.2) is 11.2 Å². The second-order valence-corrected chi connectivity index (χ2v) is 13.2. The predicted molar refractivity (Wildman–Crippen MR) is 133 cm³/mol. The molecule has 1 N–H and O–H groups in total. The van der Waals surface area contributed by atoms with Gasteiger partial charge >= 0.3 is 0 Å². The van der Waals surface area contributed by atoms with Gasteiger partial charge in [0.05, 0.1) is 6.10 Å². The number of allylic oxidation sites excluding steroid dienone is 1. The van der Waals surface area contributed by atoms with E-state index in [1.165, 1.54) is 64.2 Å². The fraction of sp³-hybridized carbons (Fsp3) is 0.933. The lowest BCUT2D eigenvalue weighted by Crippen LogP contribution is -2.50. The van der Waals surface area contributed by atoms with Crippen molar-refractivity contribution in [2.45, 2.75) is 125 Å². The van der Waals surface area contributed by atoms with E-state index >= 15 is 0 Å². The average Bonchev–Trinajstić information content (AvgIpc) is 3.08. The highest BCUT2D eigenvalue weighted by Crippen LogP contribution is 2.67. The Morgan fingerprint density at radius 3 is 2.45 bits per heavy atom. The number of rotatable bonds is 7. The second-order valence-electron chi connectivity index (χ2n) is 13.2. The van der Waals surface area contributed by atoms with Crippen molar-refractivity contribution in [1.29, 1.82) is 0 Å². The summed E-state index contributed by atoms with van der Waals surface area (Å²) in [5.74, 6) is 6.32. The van der Waals surface area contributed by atoms with Crippen LogP contribution in [0.25, 0.3) is 0 Å². The molecule has 0 bridgehead atoms. The van der Waals surface area contributed by atoms with E-state index in [-0.39, 0.29) is 6.10 Å². The maximum absolute atomic E-state index is 10.3. The Labute approximate surface area is 193 Å². The molecule has 0 radical (unpaired) electrons. The molecule has 4 aliphatic rings. The van der Waals surface area contributed by atoms with Gasteiger partial charge in [0, 0.05) is 0 Å². The molecule has 0 saturated heterocycles. The first kappa shape index (κ1) is 23.8. The minimum absolute atomic E-state index is 0.0798. The van der Waals surface area contributed by atoms with Gasteiger partial charge < -0.3 is 5.11 Å². The number of hydrogen-bond donors (Lipinski definition) is 1. The molecule has 178 valence electrons. The van der Waals surface area contributed by atoms with Crippen molar-refractivity contribution in [1.82, 2.24) is 0 Å². The van der Waals surface area contributed by atoms with Crippen molar-refractivity contribution in [3.63, 3.8) is 0 Å². The van der Waals surface area contributed by atoms with E-state index < -0.39 is 0 Å². The number of hydrogen-bond acceptors (Lipinski definition) is 1. The molecule has 0 spiro atoms. The monoisotopic (exact) mass is 428 g/mol. The topological polar surface area (TPSA) is 20.2 Å². The molecule has 4 rings (SSSR count). The third-order valence-electron chi connectivity index (χ3n) is 11.4. The quantitative estimate of drug-likeness (QED) is 0.403. The Kier molecular flexibility index (Phi) is 7.04. The molecule has 0 aliphatic heterocycles. The third-order valence-corrected chi connectivity index (χ3v) is 11.4. The van der Waals surface area contributed by atoms with E-state index in [1.54, 1.807) is 5.57 Å². The van der Waals surface area contributed by atoms with E-state index in [1.807, 2.05) is 0 Å². The third kappa shape index (κ3) is 4.20. The van der Waals surface area contributed by atoms with Crippen LogP contribution in [0.1, 0.15) is 119 Å². The van der Waals surface area contributed by atoms with Crippen LogP contribution in [0.2, 0.25) is 0 Å². The lowest BCUT2D eigenvalue weighted by molar-refractivity contribution is -0.0575. The zero-order valence-corrected chi connectivity index (χ0v) is 21.6. The van der Waals surface area contributed by atoms with Crippen molar-refractivity contribution >= 4 is 0 Å². The summed E-state index contributed by atoms with van der Waals surface area (Å²) in [6.07, 6.45) is 18.5. The average molecular weight is 429 g/mol. The first-order chi connectivity index (χ1) is 14.7. The number of aliphatic hydroxyl groups is 1. The number of aliphatic hydroxyl groups excluding tert-OH is 1. The van der Waals surface area contributed by atoms with Gasteiger partial charge in [0.2, 0.25) is 0 Å². The Morgan fingerprint density at radius 1 is 0.968 bits per heavy atom. The van der Waals surface area contributed by atoms with Gasteiger partial charge in [-0.15, -0.1) is 0 Å². The van der Waals surface area contributed by atoms with Gasteiger partial charge in [0.25, 0.3) is 0 Å². The zero-order chi connectivity index (χ0) is 22.4. The summed E-state index contributed by atoms with van der Waals surface area (Å²) in [7, 11) is 0. The molecule has 4 aliphatic carbocycles. The molecule has 0 aromatic carbocycles. The van der Waals surface area contributed by atoms with Crippen molar-refractivity contribution in [3.05, 3.63) is 11.6 Å². The lowest BCUT2D eigenvalue weighted by atomic mass is 9.47. The van der Waals surface area contributed by atoms with Gasteiger partial charge in [-0.05, 0) is 110 Å². The molecule has 0 aromatic heterocycles. The molecule has 1 heteroatoms. The molecule has 9 atom stereocenters. The Balaban J connectivity index is 1.46. The Morgan fingerprint density at radius 2 is 1.74 bits per heavy atom. The van der Waals surface area contributed by atoms with E-state index in [0.717, 1.165) is 54.3 Å². The molecular formula is C30H52O. The highest BCUT2D eigenvalue weighted by molar-refractivity contribution is 5.25. The van der Waals surface area contributed by atoms with Crippen LogP contribution in [0, 0.1) is 52.3 Å². The fourth-order valence-corrected chi connectivity index (χ4v) is 9.48. The van der Waals surface area contributed by atoms with Gasteiger partial charge in [-0.3, -0.25) is 0 Å². The Hall–Kier alpha value is -0.300. The highest BCUT2D eigenvalue weighted by Gasteiger charge is 2.59. The fourth-order valence-electron chi connectivity index (χ4n) is 9.48. The molecule has 0 aromatic rings. The lowest BCUT2D eigenvalue weighted by Gasteiger charge is -2.58. The van der Waals surface area contributed by atoms with Crippen LogP contribution in [-0.2, 0) is 0 Å². The summed E-state index contributed by atoms with van der Waals surface area (Å²) in [5, 5.41) is 10.3. The standard InChI is InChI=1S/C30H52O/c1-7-8-22(20(2)3)10-9-21(4)26-13-14-27-25-12-11-23-19-24(31)15-17-29(23,5)28(25)16-18-30(26,27)6/h11,20-22,24-28,31H,7-10,12-19H2,1-6H3/t21-,22?,24+,25+,26-,27+,28+,29+,30-/m1/s1. The molecule has 0 amide bonds. The van der Waals surface area contributed by atoms with Crippen LogP contribution in [0.4, 0.5) is 0 Å². The number of fused-ring (bicyclic) bond motifs is 5. The van der Waals surface area contributed by atoms with Gasteiger partial charge in [0.15, 0.2) is 0 Å². The molecule has 3 saturated carbocycles. The zero-order valence-electron chi connectivity index (χ0n) is 21.6. The Bertz CT molecular complexity index is 649. The van der Waals surface area contributed by atoms with E-state index in [2.05, 4.69) is 47.6 Å². The smallest absolute Gasteiger partial charge is 0.0577 e. The molecule has 1 unspecified atom stereocenters. The van der Waals surface area contributed by atoms with Crippen molar-refractivity contribution < 1.29 is 5.11 Å². The van der Waals surface area contributed by atoms with E-state index in [9.17, 15) is 5.11 Å². The highest BCUT2D eigenvalue weighted by atomic mass is 16.3. The summed E-state index contributed by atoms with van der Waals surface area (Å²) < 4.78 is 0. The first-order valence-electron chi connectivity index (χ1n) is 14.1. The van der Waals surface area contributed by atoms with Gasteiger partial charge in [-0.25, -0.2) is 0 Å². The minimum atomic E-state index is -0.0798. The summed E-state index contributed by atoms with van der Waals surface area (Å²) in [5.41, 5.74) is 2.58. The van der Waals surface area contributed by atoms with E-state index in [0.29, 0.717) is 10.8 Å². The van der Waals surface area contributed by atoms with Crippen molar-refractivity contribution in [3.8, 4) is 0 Å². The van der Waals surface area contributed by atoms with Crippen molar-refractivity contribution in [2.75, 3.05) is 0 Å². The molecule has 0 heterocycles. The molecule has 31 heavy (non-hydrogen) atoms. The molecular weight excluding hydrogens is 376 g/mol. The van der Waals surface area contributed by atoms with Crippen LogP contribution in [0.3, 0.4) is 0 Å². The summed E-state index contributed by atoms with van der Waals surface area (Å²) >= 11 is 0. The molecule has 3 fully saturated rings. The van der Waals surface area contributed by atoms with Crippen LogP contribution in [0.15, 0.2) is 11.6 Å². The maximum Gasteiger partial charge on any atom is 0.0577 e. The minimum Gasteiger partial charge on any atom is -0.393 e. The van der Waals surface area contributed by atoms with Crippen LogP contribution >= 0.6 is 0 Å². The molecule has 1 nitrogen and oxygen atoms in total. The van der Waals surface area contributed by atoms with E-state index in [4.69, 9.17) is 0 Å². The first-order valence-corrected chi connectivity index (χ1v) is 14.1. The second kappa shape index (κ2) is 9.15. The maximum atomic E-state index is 10.3. The summed E-state index contributed by atoms with van der Waals surface area (Å²) in [6.45, 7) is 15.1. The SMILES string of the molecule is CCCC(CC[C@@H](C)[C@H]1CC[C@H]2[C@@H]3CC=C4C[C@@H](O)CC[C@]4(C)[C@H]3CC[C@]12C)C(C)C. The summed E-state index contributed by atoms with van der Waals surface area (Å²) in [6, 6.07) is 0. The van der Waals surface area contributed by atoms with Gasteiger partial charge in [-0.1, -0.05) is 72.5 Å².